The van der Waals surface area contributed by atoms with Gasteiger partial charge in [0.25, 0.3) is 0 Å². The number of rotatable bonds is 7. The summed E-state index contributed by atoms with van der Waals surface area (Å²) in [5, 5.41) is 7.42. The fraction of sp³-hybridized carbons (Fsp3) is 0.167. The second-order valence-electron chi connectivity index (χ2n) is 5.21. The molecular formula is C18H16ClN3O2S. The minimum Gasteiger partial charge on any atom is -0.347 e. The lowest BCUT2D eigenvalue weighted by Gasteiger charge is -2.03. The van der Waals surface area contributed by atoms with Crippen LogP contribution in [0.1, 0.15) is 12.3 Å². The van der Waals surface area contributed by atoms with Gasteiger partial charge in [0.15, 0.2) is 0 Å². The van der Waals surface area contributed by atoms with Gasteiger partial charge in [-0.25, -0.2) is 0 Å². The summed E-state index contributed by atoms with van der Waals surface area (Å²) >= 11 is 7.45. The maximum Gasteiger partial charge on any atom is 0.246 e. The summed E-state index contributed by atoms with van der Waals surface area (Å²) in [7, 11) is 0. The molecule has 3 aromatic rings. The molecule has 1 aromatic heterocycles. The van der Waals surface area contributed by atoms with E-state index in [-0.39, 0.29) is 12.5 Å². The normalized spacial score (nSPS) is 10.6. The Bertz CT molecular complexity index is 822. The third-order valence-corrected chi connectivity index (χ3v) is 4.61. The van der Waals surface area contributed by atoms with Gasteiger partial charge in [0.1, 0.15) is 0 Å². The molecule has 3 rings (SSSR count). The van der Waals surface area contributed by atoms with Crippen LogP contribution in [0.3, 0.4) is 0 Å². The van der Waals surface area contributed by atoms with Crippen LogP contribution in [0.4, 0.5) is 0 Å². The van der Waals surface area contributed by atoms with E-state index in [4.69, 9.17) is 16.1 Å². The predicted octanol–water partition coefficient (Wildman–Crippen LogP) is 4.19. The smallest absolute Gasteiger partial charge is 0.246 e. The highest BCUT2D eigenvalue weighted by Gasteiger charge is 2.09. The third-order valence-electron chi connectivity index (χ3n) is 3.35. The fourth-order valence-electron chi connectivity index (χ4n) is 2.09. The van der Waals surface area contributed by atoms with E-state index in [1.54, 1.807) is 11.8 Å². The molecule has 0 radical (unpaired) electrons. The van der Waals surface area contributed by atoms with Crippen molar-refractivity contribution >= 4 is 29.3 Å². The van der Waals surface area contributed by atoms with Gasteiger partial charge < -0.3 is 9.84 Å². The predicted molar refractivity (Wildman–Crippen MR) is 98.4 cm³/mol. The topological polar surface area (TPSA) is 68.0 Å². The number of aromatic nitrogens is 2. The van der Waals surface area contributed by atoms with Crippen LogP contribution < -0.4 is 5.32 Å². The summed E-state index contributed by atoms with van der Waals surface area (Å²) in [5.41, 5.74) is 0.878. The summed E-state index contributed by atoms with van der Waals surface area (Å²) in [4.78, 5) is 17.3. The van der Waals surface area contributed by atoms with E-state index < -0.39 is 0 Å². The molecule has 5 nitrogen and oxygen atoms in total. The number of nitrogens with zero attached hydrogens (tertiary/aromatic N) is 2. The summed E-state index contributed by atoms with van der Waals surface area (Å²) in [6.07, 6.45) is 0.410. The Hall–Kier alpha value is -2.31. The molecule has 25 heavy (non-hydrogen) atoms. The number of amides is 1. The van der Waals surface area contributed by atoms with Gasteiger partial charge in [-0.1, -0.05) is 47.1 Å². The van der Waals surface area contributed by atoms with Crippen LogP contribution in [0.2, 0.25) is 5.02 Å². The molecule has 1 heterocycles. The Morgan fingerprint density at radius 3 is 2.64 bits per heavy atom. The molecule has 0 atom stereocenters. The maximum absolute atomic E-state index is 11.9. The lowest BCUT2D eigenvalue weighted by molar-refractivity contribution is -0.120. The second kappa shape index (κ2) is 8.69. The van der Waals surface area contributed by atoms with Crippen LogP contribution in [0.25, 0.3) is 11.4 Å². The SMILES string of the molecule is O=C(CCSc1ccc(Cl)cc1)NCc1nc(-c2ccccc2)no1. The van der Waals surface area contributed by atoms with E-state index in [1.807, 2.05) is 54.6 Å². The largest absolute Gasteiger partial charge is 0.347 e. The molecule has 0 aliphatic heterocycles. The number of thioether (sulfide) groups is 1. The van der Waals surface area contributed by atoms with Gasteiger partial charge in [-0.3, -0.25) is 4.79 Å². The third kappa shape index (κ3) is 5.34. The van der Waals surface area contributed by atoms with E-state index in [1.165, 1.54) is 0 Å². The van der Waals surface area contributed by atoms with Crippen molar-refractivity contribution in [2.24, 2.45) is 0 Å². The van der Waals surface area contributed by atoms with E-state index >= 15 is 0 Å². The molecule has 1 N–H and O–H groups in total. The van der Waals surface area contributed by atoms with E-state index in [0.29, 0.717) is 28.9 Å². The van der Waals surface area contributed by atoms with Crippen molar-refractivity contribution in [1.82, 2.24) is 15.5 Å². The molecule has 0 aliphatic rings. The van der Waals surface area contributed by atoms with Crippen molar-refractivity contribution in [3.05, 3.63) is 65.5 Å². The number of benzene rings is 2. The number of hydrogen-bond acceptors (Lipinski definition) is 5. The fourth-order valence-corrected chi connectivity index (χ4v) is 3.06. The first-order valence-corrected chi connectivity index (χ1v) is 9.10. The number of carbonyl (C=O) groups excluding carboxylic acids is 1. The first kappa shape index (κ1) is 17.5. The quantitative estimate of drug-likeness (QED) is 0.629. The zero-order valence-corrected chi connectivity index (χ0v) is 14.9. The van der Waals surface area contributed by atoms with E-state index in [2.05, 4.69) is 15.5 Å². The minimum absolute atomic E-state index is 0.0547. The minimum atomic E-state index is -0.0547. The highest BCUT2D eigenvalue weighted by atomic mass is 35.5. The monoisotopic (exact) mass is 373 g/mol. The maximum atomic E-state index is 11.9. The van der Waals surface area contributed by atoms with E-state index in [9.17, 15) is 4.79 Å². The van der Waals surface area contributed by atoms with Crippen LogP contribution in [-0.4, -0.2) is 21.8 Å². The van der Waals surface area contributed by atoms with Crippen LogP contribution >= 0.6 is 23.4 Å². The van der Waals surface area contributed by atoms with Crippen LogP contribution in [0, 0.1) is 0 Å². The van der Waals surface area contributed by atoms with Crippen LogP contribution in [0.15, 0.2) is 64.0 Å². The van der Waals surface area contributed by atoms with Gasteiger partial charge in [-0.15, -0.1) is 11.8 Å². The molecule has 7 heteroatoms. The van der Waals surface area contributed by atoms with Gasteiger partial charge in [0.05, 0.1) is 6.54 Å². The summed E-state index contributed by atoms with van der Waals surface area (Å²) in [6, 6.07) is 17.1. The highest BCUT2D eigenvalue weighted by Crippen LogP contribution is 2.21. The van der Waals surface area contributed by atoms with Gasteiger partial charge in [-0.05, 0) is 24.3 Å². The highest BCUT2D eigenvalue weighted by molar-refractivity contribution is 7.99. The molecule has 0 saturated carbocycles. The average molecular weight is 374 g/mol. The Balaban J connectivity index is 1.42. The number of halogens is 1. The van der Waals surface area contributed by atoms with Gasteiger partial charge in [0.2, 0.25) is 17.6 Å². The van der Waals surface area contributed by atoms with Gasteiger partial charge in [-0.2, -0.15) is 4.98 Å². The van der Waals surface area contributed by atoms with Gasteiger partial charge in [0, 0.05) is 27.7 Å². The first-order valence-electron chi connectivity index (χ1n) is 7.74. The van der Waals surface area contributed by atoms with Crippen molar-refractivity contribution in [2.45, 2.75) is 17.9 Å². The molecule has 0 unspecified atom stereocenters. The van der Waals surface area contributed by atoms with Crippen LogP contribution in [-0.2, 0) is 11.3 Å². The summed E-state index contributed by atoms with van der Waals surface area (Å²) < 4.78 is 5.16. The molecule has 0 fully saturated rings. The summed E-state index contributed by atoms with van der Waals surface area (Å²) in [6.45, 7) is 0.226. The summed E-state index contributed by atoms with van der Waals surface area (Å²) in [5.74, 6) is 1.54. The molecular weight excluding hydrogens is 358 g/mol. The second-order valence-corrected chi connectivity index (χ2v) is 6.81. The van der Waals surface area contributed by atoms with Crippen LogP contribution in [0.5, 0.6) is 0 Å². The number of hydrogen-bond donors (Lipinski definition) is 1. The van der Waals surface area contributed by atoms with E-state index in [0.717, 1.165) is 10.5 Å². The zero-order valence-electron chi connectivity index (χ0n) is 13.3. The molecule has 0 spiro atoms. The Morgan fingerprint density at radius 1 is 1.12 bits per heavy atom. The molecule has 0 aliphatic carbocycles. The lowest BCUT2D eigenvalue weighted by Crippen LogP contribution is -2.23. The lowest BCUT2D eigenvalue weighted by atomic mass is 10.2. The Labute approximate surface area is 154 Å². The number of carbonyl (C=O) groups is 1. The first-order chi connectivity index (χ1) is 12.2. The molecule has 0 saturated heterocycles. The standard InChI is InChI=1S/C18H16ClN3O2S/c19-14-6-8-15(9-7-14)25-11-10-16(23)20-12-17-21-18(22-24-17)13-4-2-1-3-5-13/h1-9H,10-12H2,(H,20,23). The van der Waals surface area contributed by atoms with Crippen molar-refractivity contribution < 1.29 is 9.32 Å². The van der Waals surface area contributed by atoms with Crippen molar-refractivity contribution in [2.75, 3.05) is 5.75 Å². The van der Waals surface area contributed by atoms with Crippen molar-refractivity contribution in [3.63, 3.8) is 0 Å². The molecule has 1 amide bonds. The molecule has 0 bridgehead atoms. The van der Waals surface area contributed by atoms with Gasteiger partial charge >= 0.3 is 0 Å². The molecule has 2 aromatic carbocycles. The Kier molecular flexibility index (Phi) is 6.09. The Morgan fingerprint density at radius 2 is 1.88 bits per heavy atom. The van der Waals surface area contributed by atoms with Crippen molar-refractivity contribution in [3.8, 4) is 11.4 Å². The molecule has 128 valence electrons. The zero-order chi connectivity index (χ0) is 17.5. The van der Waals surface area contributed by atoms with Crippen molar-refractivity contribution in [1.29, 1.82) is 0 Å². The number of nitrogens with one attached hydrogen (secondary N) is 1. The average Bonchev–Trinajstić information content (AvgIpc) is 3.11.